The monoisotopic (exact) mass is 191 g/mol. The SMILES string of the molecule is CC1CC1c1c(C(C)(C)C)ccn1C. The van der Waals surface area contributed by atoms with Gasteiger partial charge in [-0.2, -0.15) is 0 Å². The summed E-state index contributed by atoms with van der Waals surface area (Å²) in [6.07, 6.45) is 3.59. The molecule has 0 spiro atoms. The predicted molar refractivity (Wildman–Crippen MR) is 60.6 cm³/mol. The average Bonchev–Trinajstić information content (AvgIpc) is 2.58. The van der Waals surface area contributed by atoms with Gasteiger partial charge in [0.25, 0.3) is 0 Å². The van der Waals surface area contributed by atoms with E-state index in [1.807, 2.05) is 0 Å². The Hall–Kier alpha value is -0.720. The van der Waals surface area contributed by atoms with Crippen LogP contribution in [-0.4, -0.2) is 4.57 Å². The summed E-state index contributed by atoms with van der Waals surface area (Å²) < 4.78 is 2.31. The second-order valence-corrected chi connectivity index (χ2v) is 5.80. The van der Waals surface area contributed by atoms with Crippen molar-refractivity contribution >= 4 is 0 Å². The molecular formula is C13H21N. The Morgan fingerprint density at radius 3 is 2.36 bits per heavy atom. The van der Waals surface area contributed by atoms with Gasteiger partial charge >= 0.3 is 0 Å². The molecule has 1 fully saturated rings. The zero-order chi connectivity index (χ0) is 10.5. The lowest BCUT2D eigenvalue weighted by molar-refractivity contribution is 0.576. The summed E-state index contributed by atoms with van der Waals surface area (Å²) in [5, 5.41) is 0. The Bertz CT molecular complexity index is 341. The Balaban J connectivity index is 2.42. The summed E-state index contributed by atoms with van der Waals surface area (Å²) in [4.78, 5) is 0. The summed E-state index contributed by atoms with van der Waals surface area (Å²) in [6, 6.07) is 2.29. The molecule has 1 aromatic rings. The molecule has 2 atom stereocenters. The van der Waals surface area contributed by atoms with Crippen molar-refractivity contribution in [3.05, 3.63) is 23.5 Å². The summed E-state index contributed by atoms with van der Waals surface area (Å²) in [5.74, 6) is 1.72. The van der Waals surface area contributed by atoms with E-state index in [0.717, 1.165) is 11.8 Å². The molecule has 0 aliphatic heterocycles. The number of aryl methyl sites for hydroxylation is 1. The van der Waals surface area contributed by atoms with Crippen molar-refractivity contribution in [3.8, 4) is 0 Å². The van der Waals surface area contributed by atoms with Gasteiger partial charge in [0.15, 0.2) is 0 Å². The van der Waals surface area contributed by atoms with Crippen LogP contribution in [0.1, 0.15) is 51.3 Å². The number of hydrogen-bond acceptors (Lipinski definition) is 0. The van der Waals surface area contributed by atoms with E-state index in [9.17, 15) is 0 Å². The lowest BCUT2D eigenvalue weighted by Crippen LogP contribution is -2.13. The van der Waals surface area contributed by atoms with Crippen LogP contribution in [0.5, 0.6) is 0 Å². The second-order valence-electron chi connectivity index (χ2n) is 5.80. The zero-order valence-corrected chi connectivity index (χ0v) is 9.96. The van der Waals surface area contributed by atoms with E-state index in [1.54, 1.807) is 5.69 Å². The molecule has 0 N–H and O–H groups in total. The van der Waals surface area contributed by atoms with Gasteiger partial charge in [0.1, 0.15) is 0 Å². The highest BCUT2D eigenvalue weighted by molar-refractivity contribution is 5.35. The van der Waals surface area contributed by atoms with Crippen LogP contribution in [0.15, 0.2) is 12.3 Å². The average molecular weight is 191 g/mol. The Morgan fingerprint density at radius 1 is 1.36 bits per heavy atom. The Labute approximate surface area is 87.1 Å². The first-order valence-electron chi connectivity index (χ1n) is 5.57. The van der Waals surface area contributed by atoms with Gasteiger partial charge in [-0.3, -0.25) is 0 Å². The van der Waals surface area contributed by atoms with Crippen LogP contribution in [0.3, 0.4) is 0 Å². The fourth-order valence-electron chi connectivity index (χ4n) is 2.34. The maximum absolute atomic E-state index is 2.35. The summed E-state index contributed by atoms with van der Waals surface area (Å²) in [5.41, 5.74) is 3.40. The first kappa shape index (κ1) is 9.82. The molecule has 14 heavy (non-hydrogen) atoms. The van der Waals surface area contributed by atoms with E-state index in [2.05, 4.69) is 51.6 Å². The highest BCUT2D eigenvalue weighted by Gasteiger charge is 2.39. The largest absolute Gasteiger partial charge is 0.354 e. The minimum absolute atomic E-state index is 0.291. The highest BCUT2D eigenvalue weighted by atomic mass is 14.9. The summed E-state index contributed by atoms with van der Waals surface area (Å²) in [6.45, 7) is 9.26. The molecule has 0 amide bonds. The van der Waals surface area contributed by atoms with E-state index in [0.29, 0.717) is 5.41 Å². The van der Waals surface area contributed by atoms with Crippen molar-refractivity contribution in [3.63, 3.8) is 0 Å². The van der Waals surface area contributed by atoms with Gasteiger partial charge < -0.3 is 4.57 Å². The van der Waals surface area contributed by atoms with Crippen LogP contribution < -0.4 is 0 Å². The molecule has 2 unspecified atom stereocenters. The first-order chi connectivity index (χ1) is 6.41. The molecular weight excluding hydrogens is 170 g/mol. The Kier molecular flexibility index (Phi) is 2.02. The third kappa shape index (κ3) is 1.49. The number of nitrogens with zero attached hydrogens (tertiary/aromatic N) is 1. The van der Waals surface area contributed by atoms with Gasteiger partial charge in [0.2, 0.25) is 0 Å². The van der Waals surface area contributed by atoms with Crippen molar-refractivity contribution in [2.24, 2.45) is 13.0 Å². The summed E-state index contributed by atoms with van der Waals surface area (Å²) in [7, 11) is 2.18. The first-order valence-corrected chi connectivity index (χ1v) is 5.57. The van der Waals surface area contributed by atoms with Crippen molar-refractivity contribution < 1.29 is 0 Å². The van der Waals surface area contributed by atoms with Crippen LogP contribution in [0.2, 0.25) is 0 Å². The number of rotatable bonds is 1. The molecule has 1 aliphatic rings. The van der Waals surface area contributed by atoms with Crippen LogP contribution >= 0.6 is 0 Å². The molecule has 0 aromatic carbocycles. The van der Waals surface area contributed by atoms with Crippen molar-refractivity contribution in [1.82, 2.24) is 4.57 Å². The van der Waals surface area contributed by atoms with Crippen molar-refractivity contribution in [1.29, 1.82) is 0 Å². The molecule has 1 saturated carbocycles. The molecule has 78 valence electrons. The molecule has 0 saturated heterocycles. The molecule has 1 heterocycles. The fourth-order valence-corrected chi connectivity index (χ4v) is 2.34. The van der Waals surface area contributed by atoms with E-state index >= 15 is 0 Å². The van der Waals surface area contributed by atoms with Gasteiger partial charge in [-0.25, -0.2) is 0 Å². The third-order valence-electron chi connectivity index (χ3n) is 3.39. The molecule has 1 aromatic heterocycles. The van der Waals surface area contributed by atoms with Crippen molar-refractivity contribution in [2.45, 2.75) is 45.4 Å². The topological polar surface area (TPSA) is 4.93 Å². The van der Waals surface area contributed by atoms with Gasteiger partial charge in [-0.05, 0) is 29.4 Å². The van der Waals surface area contributed by atoms with Crippen LogP contribution in [0.4, 0.5) is 0 Å². The lowest BCUT2D eigenvalue weighted by Gasteiger charge is -2.20. The van der Waals surface area contributed by atoms with Gasteiger partial charge in [0, 0.05) is 24.9 Å². The molecule has 1 heteroatoms. The minimum Gasteiger partial charge on any atom is -0.354 e. The fraction of sp³-hybridized carbons (Fsp3) is 0.692. The van der Waals surface area contributed by atoms with Crippen LogP contribution in [-0.2, 0) is 12.5 Å². The zero-order valence-electron chi connectivity index (χ0n) is 9.96. The number of hydrogen-bond donors (Lipinski definition) is 0. The summed E-state index contributed by atoms with van der Waals surface area (Å²) >= 11 is 0. The Morgan fingerprint density at radius 2 is 1.93 bits per heavy atom. The molecule has 1 nitrogen and oxygen atoms in total. The molecule has 0 radical (unpaired) electrons. The normalized spacial score (nSPS) is 26.6. The van der Waals surface area contributed by atoms with Gasteiger partial charge in [-0.15, -0.1) is 0 Å². The minimum atomic E-state index is 0.291. The van der Waals surface area contributed by atoms with E-state index in [4.69, 9.17) is 0 Å². The lowest BCUT2D eigenvalue weighted by atomic mass is 9.86. The van der Waals surface area contributed by atoms with E-state index < -0.39 is 0 Å². The maximum Gasteiger partial charge on any atom is 0.0243 e. The van der Waals surface area contributed by atoms with Crippen molar-refractivity contribution in [2.75, 3.05) is 0 Å². The second kappa shape index (κ2) is 2.88. The molecule has 0 bridgehead atoms. The smallest absolute Gasteiger partial charge is 0.0243 e. The van der Waals surface area contributed by atoms with E-state index in [1.165, 1.54) is 12.0 Å². The maximum atomic E-state index is 2.35. The molecule has 2 rings (SSSR count). The highest BCUT2D eigenvalue weighted by Crippen LogP contribution is 2.49. The van der Waals surface area contributed by atoms with E-state index in [-0.39, 0.29) is 0 Å². The van der Waals surface area contributed by atoms with Crippen LogP contribution in [0, 0.1) is 5.92 Å². The predicted octanol–water partition coefficient (Wildman–Crippen LogP) is 3.45. The standard InChI is InChI=1S/C13H21N/c1-9-8-10(9)12-11(13(2,3)4)6-7-14(12)5/h6-7,9-10H,8H2,1-5H3. The van der Waals surface area contributed by atoms with Crippen LogP contribution in [0.25, 0.3) is 0 Å². The number of aromatic nitrogens is 1. The van der Waals surface area contributed by atoms with Gasteiger partial charge in [0.05, 0.1) is 0 Å². The molecule has 1 aliphatic carbocycles. The third-order valence-corrected chi connectivity index (χ3v) is 3.39. The van der Waals surface area contributed by atoms with Gasteiger partial charge in [-0.1, -0.05) is 27.7 Å². The quantitative estimate of drug-likeness (QED) is 0.641.